The van der Waals surface area contributed by atoms with Crippen molar-refractivity contribution in [1.82, 2.24) is 0 Å². The molecule has 0 aliphatic carbocycles. The van der Waals surface area contributed by atoms with E-state index in [9.17, 15) is 20.0 Å². The van der Waals surface area contributed by atoms with Crippen molar-refractivity contribution in [2.45, 2.75) is 13.0 Å². The highest BCUT2D eigenvalue weighted by atomic mass is 79.9. The second-order valence-corrected chi connectivity index (χ2v) is 3.96. The first-order valence-corrected chi connectivity index (χ1v) is 4.99. The molecule has 0 spiro atoms. The van der Waals surface area contributed by atoms with Gasteiger partial charge in [-0.3, -0.25) is 10.1 Å². The smallest absolute Gasteiger partial charge is 0.337 e. The maximum Gasteiger partial charge on any atom is 0.337 e. The Balaban J connectivity index is 3.34. The number of hydrogen-bond acceptors (Lipinski definition) is 4. The number of carboxylic acid groups (broad SMARTS) is 1. The fourth-order valence-corrected chi connectivity index (χ4v) is 1.59. The fourth-order valence-electron chi connectivity index (χ4n) is 1.21. The van der Waals surface area contributed by atoms with Crippen LogP contribution in [0.5, 0.6) is 0 Å². The summed E-state index contributed by atoms with van der Waals surface area (Å²) in [5, 5.41) is 28.5. The number of nitrogens with zero attached hydrogens (tertiary/aromatic N) is 1. The van der Waals surface area contributed by atoms with Gasteiger partial charge >= 0.3 is 5.97 Å². The molecule has 0 saturated carbocycles. The van der Waals surface area contributed by atoms with Crippen LogP contribution in [0.15, 0.2) is 16.6 Å². The number of carbonyl (C=O) groups is 1. The van der Waals surface area contributed by atoms with Crippen LogP contribution in [0.1, 0.15) is 17.2 Å². The van der Waals surface area contributed by atoms with Gasteiger partial charge in [-0.25, -0.2) is 4.79 Å². The summed E-state index contributed by atoms with van der Waals surface area (Å²) in [5.41, 5.74) is 0.208. The second kappa shape index (κ2) is 4.58. The third-order valence-corrected chi connectivity index (χ3v) is 3.04. The third-order valence-electron chi connectivity index (χ3n) is 2.00. The molecule has 16 heavy (non-hydrogen) atoms. The molecule has 0 amide bonds. The topological polar surface area (TPSA) is 101 Å². The number of aryl methyl sites for hydroxylation is 1. The summed E-state index contributed by atoms with van der Waals surface area (Å²) in [6, 6.07) is 2.42. The molecular formula is C9H8BrNO5. The zero-order valence-electron chi connectivity index (χ0n) is 8.18. The van der Waals surface area contributed by atoms with Gasteiger partial charge in [0.2, 0.25) is 0 Å². The van der Waals surface area contributed by atoms with Crippen LogP contribution in [0, 0.1) is 17.0 Å². The van der Waals surface area contributed by atoms with Gasteiger partial charge < -0.3 is 10.2 Å². The largest absolute Gasteiger partial charge is 0.479 e. The van der Waals surface area contributed by atoms with Gasteiger partial charge in [0.1, 0.15) is 0 Å². The molecule has 0 radical (unpaired) electrons. The molecule has 1 unspecified atom stereocenters. The first kappa shape index (κ1) is 12.6. The minimum absolute atomic E-state index is 0.0140. The molecule has 0 aromatic heterocycles. The molecule has 1 aromatic carbocycles. The molecule has 1 atom stereocenters. The van der Waals surface area contributed by atoms with Crippen molar-refractivity contribution in [3.63, 3.8) is 0 Å². The van der Waals surface area contributed by atoms with Gasteiger partial charge in [0.25, 0.3) is 5.69 Å². The lowest BCUT2D eigenvalue weighted by Gasteiger charge is -2.08. The molecule has 2 N–H and O–H groups in total. The maximum absolute atomic E-state index is 10.7. The molecule has 86 valence electrons. The molecule has 0 aliphatic heterocycles. The first-order valence-electron chi connectivity index (χ1n) is 4.20. The molecular weight excluding hydrogens is 282 g/mol. The van der Waals surface area contributed by atoms with Crippen LogP contribution >= 0.6 is 15.9 Å². The third kappa shape index (κ3) is 2.37. The van der Waals surface area contributed by atoms with E-state index < -0.39 is 17.0 Å². The van der Waals surface area contributed by atoms with Gasteiger partial charge in [0.05, 0.1) is 9.40 Å². The Morgan fingerprint density at radius 1 is 1.56 bits per heavy atom. The number of aliphatic hydroxyl groups excluding tert-OH is 1. The zero-order chi connectivity index (χ0) is 12.5. The van der Waals surface area contributed by atoms with Crippen molar-refractivity contribution in [3.05, 3.63) is 37.8 Å². The van der Waals surface area contributed by atoms with E-state index in [4.69, 9.17) is 5.11 Å². The Bertz CT molecular complexity index is 459. The Morgan fingerprint density at radius 3 is 2.56 bits per heavy atom. The molecule has 0 bridgehead atoms. The highest BCUT2D eigenvalue weighted by molar-refractivity contribution is 9.10. The number of halogens is 1. The Labute approximate surface area is 98.8 Å². The first-order chi connectivity index (χ1) is 7.34. The van der Waals surface area contributed by atoms with Crippen molar-refractivity contribution >= 4 is 27.6 Å². The molecule has 1 rings (SSSR count). The van der Waals surface area contributed by atoms with Crippen LogP contribution in [0.2, 0.25) is 0 Å². The Hall–Kier alpha value is -1.47. The summed E-state index contributed by atoms with van der Waals surface area (Å²) in [6.07, 6.45) is -1.76. The van der Waals surface area contributed by atoms with Gasteiger partial charge in [0.15, 0.2) is 6.10 Å². The van der Waals surface area contributed by atoms with E-state index in [2.05, 4.69) is 15.9 Å². The zero-order valence-corrected chi connectivity index (χ0v) is 9.76. The lowest BCUT2D eigenvalue weighted by molar-refractivity contribution is -0.385. The van der Waals surface area contributed by atoms with Crippen LogP contribution in [-0.2, 0) is 4.79 Å². The van der Waals surface area contributed by atoms with Crippen molar-refractivity contribution < 1.29 is 19.9 Å². The van der Waals surface area contributed by atoms with E-state index in [-0.39, 0.29) is 15.7 Å². The lowest BCUT2D eigenvalue weighted by atomic mass is 10.1. The van der Waals surface area contributed by atoms with Gasteiger partial charge in [-0.1, -0.05) is 6.07 Å². The normalized spacial score (nSPS) is 12.2. The van der Waals surface area contributed by atoms with Crippen molar-refractivity contribution in [3.8, 4) is 0 Å². The molecule has 0 saturated heterocycles. The highest BCUT2D eigenvalue weighted by Gasteiger charge is 2.22. The SMILES string of the molecule is Cc1cc(C(O)C(=O)O)cc([N+](=O)[O-])c1Br. The van der Waals surface area contributed by atoms with Crippen molar-refractivity contribution in [1.29, 1.82) is 0 Å². The Kier molecular flexibility index (Phi) is 3.61. The summed E-state index contributed by atoms with van der Waals surface area (Å²) in [5.74, 6) is -1.45. The van der Waals surface area contributed by atoms with E-state index in [1.54, 1.807) is 6.92 Å². The van der Waals surface area contributed by atoms with Crippen LogP contribution in [0.4, 0.5) is 5.69 Å². The number of aliphatic hydroxyl groups is 1. The average molecular weight is 290 g/mol. The number of rotatable bonds is 3. The van der Waals surface area contributed by atoms with E-state index in [1.165, 1.54) is 6.07 Å². The van der Waals surface area contributed by atoms with Gasteiger partial charge in [0, 0.05) is 6.07 Å². The molecule has 0 fully saturated rings. The second-order valence-electron chi connectivity index (χ2n) is 3.17. The molecule has 1 aromatic rings. The molecule has 6 nitrogen and oxygen atoms in total. The van der Waals surface area contributed by atoms with E-state index in [0.717, 1.165) is 6.07 Å². The number of benzene rings is 1. The number of carboxylic acids is 1. The minimum Gasteiger partial charge on any atom is -0.479 e. The van der Waals surface area contributed by atoms with E-state index in [0.29, 0.717) is 5.56 Å². The summed E-state index contributed by atoms with van der Waals surface area (Å²) >= 11 is 3.03. The minimum atomic E-state index is -1.76. The summed E-state index contributed by atoms with van der Waals surface area (Å²) in [7, 11) is 0. The molecule has 7 heteroatoms. The summed E-state index contributed by atoms with van der Waals surface area (Å²) < 4.78 is 0.277. The van der Waals surface area contributed by atoms with Gasteiger partial charge in [-0.05, 0) is 34.0 Å². The maximum atomic E-state index is 10.7. The predicted octanol–water partition coefficient (Wildman–Crippen LogP) is 1.78. The molecule has 0 aliphatic rings. The number of nitro groups is 1. The quantitative estimate of drug-likeness (QED) is 0.652. The molecule has 0 heterocycles. The summed E-state index contributed by atoms with van der Waals surface area (Å²) in [6.45, 7) is 1.58. The van der Waals surface area contributed by atoms with Crippen LogP contribution in [0.3, 0.4) is 0 Å². The Morgan fingerprint density at radius 2 is 2.12 bits per heavy atom. The average Bonchev–Trinajstić information content (AvgIpc) is 2.20. The van der Waals surface area contributed by atoms with Gasteiger partial charge in [-0.15, -0.1) is 0 Å². The highest BCUT2D eigenvalue weighted by Crippen LogP contribution is 2.31. The van der Waals surface area contributed by atoms with Crippen LogP contribution < -0.4 is 0 Å². The standard InChI is InChI=1S/C9H8BrNO5/c1-4-2-5(8(12)9(13)14)3-6(7(4)10)11(15)16/h2-3,8,12H,1H3,(H,13,14). The lowest BCUT2D eigenvalue weighted by Crippen LogP contribution is -2.11. The number of nitro benzene ring substituents is 1. The van der Waals surface area contributed by atoms with Crippen molar-refractivity contribution in [2.24, 2.45) is 0 Å². The van der Waals surface area contributed by atoms with Crippen LogP contribution in [0.25, 0.3) is 0 Å². The van der Waals surface area contributed by atoms with Gasteiger partial charge in [-0.2, -0.15) is 0 Å². The van der Waals surface area contributed by atoms with Crippen molar-refractivity contribution in [2.75, 3.05) is 0 Å². The van der Waals surface area contributed by atoms with E-state index in [1.807, 2.05) is 0 Å². The monoisotopic (exact) mass is 289 g/mol. The predicted molar refractivity (Wildman–Crippen MR) is 58.1 cm³/mol. The number of aliphatic carboxylic acids is 1. The van der Waals surface area contributed by atoms with E-state index >= 15 is 0 Å². The summed E-state index contributed by atoms with van der Waals surface area (Å²) in [4.78, 5) is 20.6. The fraction of sp³-hybridized carbons (Fsp3) is 0.222. The number of hydrogen-bond donors (Lipinski definition) is 2. The van der Waals surface area contributed by atoms with Crippen LogP contribution in [-0.4, -0.2) is 21.1 Å².